The second-order valence-electron chi connectivity index (χ2n) is 3.94. The number of esters is 1. The smallest absolute Gasteiger partial charge is 0.328 e. The van der Waals surface area contributed by atoms with E-state index >= 15 is 0 Å². The van der Waals surface area contributed by atoms with Gasteiger partial charge in [-0.2, -0.15) is 0 Å². The summed E-state index contributed by atoms with van der Waals surface area (Å²) in [5.41, 5.74) is 0. The number of rotatable bonds is 4. The normalized spacial score (nSPS) is 23.1. The van der Waals surface area contributed by atoms with E-state index < -0.39 is 6.04 Å². The first kappa shape index (κ1) is 13.0. The lowest BCUT2D eigenvalue weighted by Gasteiger charge is -2.35. The predicted octanol–water partition coefficient (Wildman–Crippen LogP) is 0.148. The van der Waals surface area contributed by atoms with Crippen LogP contribution in [0.15, 0.2) is 0 Å². The van der Waals surface area contributed by atoms with Gasteiger partial charge in [-0.25, -0.2) is 4.79 Å². The first-order valence-electron chi connectivity index (χ1n) is 5.76. The maximum absolute atomic E-state index is 12.0. The Kier molecular flexibility index (Phi) is 4.73. The van der Waals surface area contributed by atoms with E-state index in [1.165, 1.54) is 0 Å². The van der Waals surface area contributed by atoms with Gasteiger partial charge in [0.15, 0.2) is 0 Å². The van der Waals surface area contributed by atoms with Gasteiger partial charge in [0.2, 0.25) is 5.91 Å². The number of carbonyl (C=O) groups is 2. The van der Waals surface area contributed by atoms with Crippen molar-refractivity contribution in [3.05, 3.63) is 0 Å². The zero-order valence-electron chi connectivity index (χ0n) is 10.2. The van der Waals surface area contributed by atoms with Crippen LogP contribution in [0.3, 0.4) is 0 Å². The Labute approximate surface area is 96.1 Å². The topological polar surface area (TPSA) is 58.6 Å². The van der Waals surface area contributed by atoms with E-state index in [1.807, 2.05) is 0 Å². The highest BCUT2D eigenvalue weighted by atomic mass is 16.5. The van der Waals surface area contributed by atoms with E-state index in [9.17, 15) is 9.59 Å². The van der Waals surface area contributed by atoms with E-state index in [0.29, 0.717) is 13.2 Å². The SMILES string of the molecule is CCOC(=O)C(C)N1CCCC(NC)C1=O. The van der Waals surface area contributed by atoms with Crippen LogP contribution in [0.4, 0.5) is 0 Å². The number of amides is 1. The molecule has 2 unspecified atom stereocenters. The summed E-state index contributed by atoms with van der Waals surface area (Å²) in [5, 5.41) is 2.97. The first-order chi connectivity index (χ1) is 7.61. The Balaban J connectivity index is 2.64. The fourth-order valence-corrected chi connectivity index (χ4v) is 1.94. The van der Waals surface area contributed by atoms with Crippen LogP contribution in [0.1, 0.15) is 26.7 Å². The lowest BCUT2D eigenvalue weighted by molar-refractivity contribution is -0.156. The molecule has 0 bridgehead atoms. The van der Waals surface area contributed by atoms with Crippen LogP contribution in [0.25, 0.3) is 0 Å². The third-order valence-electron chi connectivity index (χ3n) is 2.92. The van der Waals surface area contributed by atoms with Gasteiger partial charge in [-0.1, -0.05) is 0 Å². The highest BCUT2D eigenvalue weighted by Gasteiger charge is 2.33. The lowest BCUT2D eigenvalue weighted by Crippen LogP contribution is -2.54. The van der Waals surface area contributed by atoms with Crippen molar-refractivity contribution in [1.29, 1.82) is 0 Å². The minimum atomic E-state index is -0.483. The summed E-state index contributed by atoms with van der Waals surface area (Å²) in [6.45, 7) is 4.46. The van der Waals surface area contributed by atoms with Crippen molar-refractivity contribution in [2.45, 2.75) is 38.8 Å². The average Bonchev–Trinajstić information content (AvgIpc) is 2.29. The summed E-state index contributed by atoms with van der Waals surface area (Å²) in [4.78, 5) is 25.1. The van der Waals surface area contributed by atoms with E-state index in [2.05, 4.69) is 5.32 Å². The molecule has 1 rings (SSSR count). The lowest BCUT2D eigenvalue weighted by atomic mass is 10.0. The second-order valence-corrected chi connectivity index (χ2v) is 3.94. The molecule has 5 nitrogen and oxygen atoms in total. The molecule has 0 spiro atoms. The minimum Gasteiger partial charge on any atom is -0.464 e. The number of likely N-dealkylation sites (N-methyl/N-ethyl adjacent to an activating group) is 1. The molecule has 0 aromatic heterocycles. The Morgan fingerprint density at radius 1 is 1.69 bits per heavy atom. The summed E-state index contributed by atoms with van der Waals surface area (Å²) < 4.78 is 4.92. The van der Waals surface area contributed by atoms with Gasteiger partial charge in [-0.15, -0.1) is 0 Å². The molecule has 92 valence electrons. The number of nitrogens with zero attached hydrogens (tertiary/aromatic N) is 1. The number of hydrogen-bond acceptors (Lipinski definition) is 4. The largest absolute Gasteiger partial charge is 0.464 e. The third kappa shape index (κ3) is 2.72. The molecule has 1 aliphatic rings. The molecular weight excluding hydrogens is 208 g/mol. The van der Waals surface area contributed by atoms with Crippen LogP contribution >= 0.6 is 0 Å². The number of likely N-dealkylation sites (tertiary alicyclic amines) is 1. The molecule has 1 heterocycles. The highest BCUT2D eigenvalue weighted by Crippen LogP contribution is 2.15. The number of carbonyl (C=O) groups excluding carboxylic acids is 2. The zero-order chi connectivity index (χ0) is 12.1. The molecule has 0 aromatic rings. The van der Waals surface area contributed by atoms with Crippen molar-refractivity contribution in [3.8, 4) is 0 Å². The van der Waals surface area contributed by atoms with Crippen molar-refractivity contribution in [2.24, 2.45) is 0 Å². The van der Waals surface area contributed by atoms with Crippen LogP contribution in [-0.2, 0) is 14.3 Å². The predicted molar refractivity (Wildman–Crippen MR) is 59.9 cm³/mol. The second kappa shape index (κ2) is 5.84. The maximum atomic E-state index is 12.0. The highest BCUT2D eigenvalue weighted by molar-refractivity contribution is 5.88. The van der Waals surface area contributed by atoms with Gasteiger partial charge in [0, 0.05) is 6.54 Å². The summed E-state index contributed by atoms with van der Waals surface area (Å²) in [6, 6.07) is -0.644. The number of ether oxygens (including phenoxy) is 1. The van der Waals surface area contributed by atoms with E-state index in [1.54, 1.807) is 25.8 Å². The van der Waals surface area contributed by atoms with Gasteiger partial charge in [0.25, 0.3) is 0 Å². The molecule has 0 aliphatic carbocycles. The quantitative estimate of drug-likeness (QED) is 0.696. The van der Waals surface area contributed by atoms with Crippen LogP contribution in [-0.4, -0.2) is 49.1 Å². The van der Waals surface area contributed by atoms with Gasteiger partial charge in [-0.3, -0.25) is 4.79 Å². The summed E-state index contributed by atoms with van der Waals surface area (Å²) in [6.07, 6.45) is 1.75. The van der Waals surface area contributed by atoms with Crippen LogP contribution in [0.5, 0.6) is 0 Å². The molecular formula is C11H20N2O3. The van der Waals surface area contributed by atoms with Gasteiger partial charge in [-0.05, 0) is 33.7 Å². The third-order valence-corrected chi connectivity index (χ3v) is 2.92. The average molecular weight is 228 g/mol. The molecule has 0 saturated carbocycles. The molecule has 2 atom stereocenters. The van der Waals surface area contributed by atoms with Crippen molar-refractivity contribution < 1.29 is 14.3 Å². The van der Waals surface area contributed by atoms with Gasteiger partial charge >= 0.3 is 5.97 Å². The Bertz CT molecular complexity index is 268. The van der Waals surface area contributed by atoms with Gasteiger partial charge in [0.1, 0.15) is 6.04 Å². The standard InChI is InChI=1S/C11H20N2O3/c1-4-16-11(15)8(2)13-7-5-6-9(12-3)10(13)14/h8-9,12H,4-7H2,1-3H3. The zero-order valence-corrected chi connectivity index (χ0v) is 10.2. The molecule has 0 aromatic carbocycles. The van der Waals surface area contributed by atoms with E-state index in [-0.39, 0.29) is 17.9 Å². The molecule has 5 heteroatoms. The molecule has 1 fully saturated rings. The number of piperidine rings is 1. The summed E-state index contributed by atoms with van der Waals surface area (Å²) >= 11 is 0. The van der Waals surface area contributed by atoms with Gasteiger partial charge < -0.3 is 15.0 Å². The Morgan fingerprint density at radius 3 is 2.94 bits per heavy atom. The van der Waals surface area contributed by atoms with Crippen molar-refractivity contribution in [2.75, 3.05) is 20.2 Å². The van der Waals surface area contributed by atoms with Crippen molar-refractivity contribution >= 4 is 11.9 Å². The number of hydrogen-bond donors (Lipinski definition) is 1. The van der Waals surface area contributed by atoms with Gasteiger partial charge in [0.05, 0.1) is 12.6 Å². The molecule has 1 N–H and O–H groups in total. The molecule has 0 radical (unpaired) electrons. The van der Waals surface area contributed by atoms with Crippen molar-refractivity contribution in [3.63, 3.8) is 0 Å². The molecule has 16 heavy (non-hydrogen) atoms. The van der Waals surface area contributed by atoms with Crippen LogP contribution in [0.2, 0.25) is 0 Å². The molecule has 1 aliphatic heterocycles. The number of nitrogens with one attached hydrogen (secondary N) is 1. The fraction of sp³-hybridized carbons (Fsp3) is 0.818. The van der Waals surface area contributed by atoms with Crippen LogP contribution in [0, 0.1) is 0 Å². The fourth-order valence-electron chi connectivity index (χ4n) is 1.94. The molecule has 1 saturated heterocycles. The van der Waals surface area contributed by atoms with Crippen molar-refractivity contribution in [1.82, 2.24) is 10.2 Å². The summed E-state index contributed by atoms with van der Waals surface area (Å²) in [7, 11) is 1.76. The summed E-state index contributed by atoms with van der Waals surface area (Å²) in [5.74, 6) is -0.332. The Hall–Kier alpha value is -1.10. The maximum Gasteiger partial charge on any atom is 0.328 e. The van der Waals surface area contributed by atoms with Crippen LogP contribution < -0.4 is 5.32 Å². The Morgan fingerprint density at radius 2 is 2.38 bits per heavy atom. The first-order valence-corrected chi connectivity index (χ1v) is 5.76. The molecule has 1 amide bonds. The monoisotopic (exact) mass is 228 g/mol. The minimum absolute atomic E-state index is 0.00527. The van der Waals surface area contributed by atoms with E-state index in [4.69, 9.17) is 4.74 Å². The van der Waals surface area contributed by atoms with E-state index in [0.717, 1.165) is 12.8 Å².